The quantitative estimate of drug-likeness (QED) is 0.832. The molecular weight excluding hydrogens is 359 g/mol. The van der Waals surface area contributed by atoms with Gasteiger partial charge < -0.3 is 10.6 Å². The maximum atomic E-state index is 13.1. The highest BCUT2D eigenvalue weighted by Crippen LogP contribution is 2.35. The summed E-state index contributed by atoms with van der Waals surface area (Å²) in [6, 6.07) is 8.47. The molecule has 1 atom stereocenters. The SMILES string of the molecule is Cc1cc(C(=O)N2CCC(N)C(C)(C)C2)sc1-c1ccc(F)cc1.Cl. The lowest BCUT2D eigenvalue weighted by atomic mass is 9.79. The number of nitrogens with two attached hydrogens (primary N) is 1. The highest BCUT2D eigenvalue weighted by molar-refractivity contribution is 7.17. The summed E-state index contributed by atoms with van der Waals surface area (Å²) in [6.07, 6.45) is 0.827. The molecule has 2 aromatic rings. The summed E-state index contributed by atoms with van der Waals surface area (Å²) in [7, 11) is 0. The molecule has 1 aromatic carbocycles. The molecule has 1 fully saturated rings. The molecule has 6 heteroatoms. The predicted molar refractivity (Wildman–Crippen MR) is 104 cm³/mol. The highest BCUT2D eigenvalue weighted by atomic mass is 35.5. The minimum Gasteiger partial charge on any atom is -0.337 e. The molecule has 1 amide bonds. The van der Waals surface area contributed by atoms with Crippen LogP contribution in [0.25, 0.3) is 10.4 Å². The zero-order valence-electron chi connectivity index (χ0n) is 14.7. The molecule has 0 spiro atoms. The van der Waals surface area contributed by atoms with Crippen LogP contribution in [0.3, 0.4) is 0 Å². The summed E-state index contributed by atoms with van der Waals surface area (Å²) >= 11 is 1.48. The monoisotopic (exact) mass is 382 g/mol. The van der Waals surface area contributed by atoms with Gasteiger partial charge in [-0.05, 0) is 48.1 Å². The van der Waals surface area contributed by atoms with Gasteiger partial charge in [0.05, 0.1) is 4.88 Å². The standard InChI is InChI=1S/C19H23FN2OS.ClH/c1-12-10-15(24-17(12)13-4-6-14(20)7-5-13)18(23)22-9-8-16(21)19(2,3)11-22;/h4-7,10,16H,8-9,11,21H2,1-3H3;1H. The van der Waals surface area contributed by atoms with Crippen LogP contribution in [0.1, 0.15) is 35.5 Å². The Kier molecular flexibility index (Phi) is 5.92. The molecule has 0 aliphatic carbocycles. The van der Waals surface area contributed by atoms with Crippen molar-refractivity contribution in [2.75, 3.05) is 13.1 Å². The molecule has 0 radical (unpaired) electrons. The summed E-state index contributed by atoms with van der Waals surface area (Å²) in [5.74, 6) is -0.187. The van der Waals surface area contributed by atoms with Crippen LogP contribution in [0.4, 0.5) is 4.39 Å². The van der Waals surface area contributed by atoms with Gasteiger partial charge in [-0.15, -0.1) is 23.7 Å². The molecule has 0 saturated carbocycles. The molecule has 1 unspecified atom stereocenters. The minimum absolute atomic E-state index is 0. The fourth-order valence-corrected chi connectivity index (χ4v) is 4.32. The third-order valence-corrected chi connectivity index (χ3v) is 6.11. The Morgan fingerprint density at radius 1 is 1.32 bits per heavy atom. The maximum Gasteiger partial charge on any atom is 0.263 e. The van der Waals surface area contributed by atoms with Gasteiger partial charge in [0.1, 0.15) is 5.82 Å². The summed E-state index contributed by atoms with van der Waals surface area (Å²) in [5, 5.41) is 0. The number of hydrogen-bond donors (Lipinski definition) is 1. The van der Waals surface area contributed by atoms with Crippen LogP contribution in [0.15, 0.2) is 30.3 Å². The summed E-state index contributed by atoms with van der Waals surface area (Å²) in [5.41, 5.74) is 8.08. The molecule has 25 heavy (non-hydrogen) atoms. The molecule has 0 bridgehead atoms. The van der Waals surface area contributed by atoms with E-state index in [0.29, 0.717) is 13.1 Å². The second-order valence-corrected chi connectivity index (χ2v) is 8.29. The number of carbonyl (C=O) groups is 1. The van der Waals surface area contributed by atoms with Crippen molar-refractivity contribution in [2.45, 2.75) is 33.2 Å². The van der Waals surface area contributed by atoms with E-state index >= 15 is 0 Å². The second kappa shape index (κ2) is 7.44. The third kappa shape index (κ3) is 4.05. The van der Waals surface area contributed by atoms with Gasteiger partial charge in [-0.2, -0.15) is 0 Å². The molecule has 1 aromatic heterocycles. The Morgan fingerprint density at radius 2 is 1.96 bits per heavy atom. The van der Waals surface area contributed by atoms with E-state index < -0.39 is 0 Å². The number of aryl methyl sites for hydroxylation is 1. The zero-order chi connectivity index (χ0) is 17.5. The average Bonchev–Trinajstić information content (AvgIpc) is 2.92. The number of rotatable bonds is 2. The van der Waals surface area contributed by atoms with Gasteiger partial charge >= 0.3 is 0 Å². The van der Waals surface area contributed by atoms with Gasteiger partial charge in [0.15, 0.2) is 0 Å². The van der Waals surface area contributed by atoms with Crippen molar-refractivity contribution in [3.63, 3.8) is 0 Å². The van der Waals surface area contributed by atoms with E-state index in [-0.39, 0.29) is 35.6 Å². The van der Waals surface area contributed by atoms with E-state index in [9.17, 15) is 9.18 Å². The van der Waals surface area contributed by atoms with E-state index in [0.717, 1.165) is 27.3 Å². The van der Waals surface area contributed by atoms with Crippen LogP contribution in [-0.4, -0.2) is 29.9 Å². The molecule has 136 valence electrons. The van der Waals surface area contributed by atoms with E-state index in [2.05, 4.69) is 13.8 Å². The number of nitrogens with zero attached hydrogens (tertiary/aromatic N) is 1. The van der Waals surface area contributed by atoms with E-state index in [1.807, 2.05) is 17.9 Å². The Morgan fingerprint density at radius 3 is 2.56 bits per heavy atom. The van der Waals surface area contributed by atoms with Crippen molar-refractivity contribution >= 4 is 29.7 Å². The van der Waals surface area contributed by atoms with Crippen molar-refractivity contribution in [1.82, 2.24) is 4.90 Å². The lowest BCUT2D eigenvalue weighted by Crippen LogP contribution is -2.53. The van der Waals surface area contributed by atoms with Gasteiger partial charge in [-0.1, -0.05) is 26.0 Å². The van der Waals surface area contributed by atoms with Crippen molar-refractivity contribution < 1.29 is 9.18 Å². The molecule has 3 rings (SSSR count). The topological polar surface area (TPSA) is 46.3 Å². The largest absolute Gasteiger partial charge is 0.337 e. The third-order valence-electron chi connectivity index (χ3n) is 4.83. The Bertz CT molecular complexity index is 757. The smallest absolute Gasteiger partial charge is 0.263 e. The first-order valence-corrected chi connectivity index (χ1v) is 9.01. The minimum atomic E-state index is -0.254. The van der Waals surface area contributed by atoms with Crippen LogP contribution < -0.4 is 5.73 Å². The fraction of sp³-hybridized carbons (Fsp3) is 0.421. The number of amides is 1. The van der Waals surface area contributed by atoms with Gasteiger partial charge in [-0.25, -0.2) is 4.39 Å². The summed E-state index contributed by atoms with van der Waals surface area (Å²) < 4.78 is 13.1. The first kappa shape index (κ1) is 19.9. The van der Waals surface area contributed by atoms with Crippen LogP contribution in [0.2, 0.25) is 0 Å². The second-order valence-electron chi connectivity index (χ2n) is 7.24. The van der Waals surface area contributed by atoms with E-state index in [4.69, 9.17) is 5.73 Å². The maximum absolute atomic E-state index is 13.1. The molecule has 1 aliphatic heterocycles. The number of likely N-dealkylation sites (tertiary alicyclic amines) is 1. The zero-order valence-corrected chi connectivity index (χ0v) is 16.3. The summed E-state index contributed by atoms with van der Waals surface area (Å²) in [4.78, 5) is 16.5. The average molecular weight is 383 g/mol. The molecule has 1 aliphatic rings. The van der Waals surface area contributed by atoms with Gasteiger partial charge in [-0.3, -0.25) is 4.79 Å². The van der Waals surface area contributed by atoms with Crippen LogP contribution in [0, 0.1) is 18.2 Å². The van der Waals surface area contributed by atoms with Crippen molar-refractivity contribution in [2.24, 2.45) is 11.1 Å². The molecule has 2 heterocycles. The van der Waals surface area contributed by atoms with Crippen LogP contribution in [0.5, 0.6) is 0 Å². The number of hydrogen-bond acceptors (Lipinski definition) is 3. The number of thiophene rings is 1. The fourth-order valence-electron chi connectivity index (χ4n) is 3.18. The van der Waals surface area contributed by atoms with Crippen molar-refractivity contribution in [3.8, 4) is 10.4 Å². The predicted octanol–water partition coefficient (Wildman–Crippen LogP) is 4.48. The number of carbonyl (C=O) groups excluding carboxylic acids is 1. The first-order valence-electron chi connectivity index (χ1n) is 8.19. The van der Waals surface area contributed by atoms with E-state index in [1.54, 1.807) is 12.1 Å². The Hall–Kier alpha value is -1.43. The lowest BCUT2D eigenvalue weighted by molar-refractivity contribution is 0.0537. The number of halogens is 2. The normalized spacial score (nSPS) is 19.4. The van der Waals surface area contributed by atoms with Gasteiger partial charge in [0, 0.05) is 24.0 Å². The van der Waals surface area contributed by atoms with E-state index in [1.165, 1.54) is 23.5 Å². The Balaban J connectivity index is 0.00000225. The van der Waals surface area contributed by atoms with Crippen molar-refractivity contribution in [3.05, 3.63) is 46.6 Å². The van der Waals surface area contributed by atoms with Gasteiger partial charge in [0.2, 0.25) is 0 Å². The highest BCUT2D eigenvalue weighted by Gasteiger charge is 2.36. The first-order chi connectivity index (χ1) is 11.3. The van der Waals surface area contributed by atoms with Gasteiger partial charge in [0.25, 0.3) is 5.91 Å². The molecule has 1 saturated heterocycles. The number of benzene rings is 1. The Labute approximate surface area is 158 Å². The number of piperidine rings is 1. The molecule has 3 nitrogen and oxygen atoms in total. The molecule has 2 N–H and O–H groups in total. The van der Waals surface area contributed by atoms with Crippen LogP contribution in [-0.2, 0) is 0 Å². The van der Waals surface area contributed by atoms with Crippen molar-refractivity contribution in [1.29, 1.82) is 0 Å². The summed E-state index contributed by atoms with van der Waals surface area (Å²) in [6.45, 7) is 7.59. The lowest BCUT2D eigenvalue weighted by Gasteiger charge is -2.42. The molecular formula is C19H24ClFN2OS. The van der Waals surface area contributed by atoms with Crippen LogP contribution >= 0.6 is 23.7 Å².